The van der Waals surface area contributed by atoms with Crippen LogP contribution in [-0.4, -0.2) is 48.9 Å². The first-order valence-electron chi connectivity index (χ1n) is 7.82. The molecule has 0 aromatic carbocycles. The lowest BCUT2D eigenvalue weighted by Gasteiger charge is -2.37. The molecule has 1 aliphatic heterocycles. The lowest BCUT2D eigenvalue weighted by molar-refractivity contribution is -0.0321. The number of hydrogen-bond donors (Lipinski definition) is 1. The van der Waals surface area contributed by atoms with Gasteiger partial charge in [0.1, 0.15) is 5.60 Å². The fourth-order valence-electron chi connectivity index (χ4n) is 2.36. The molecule has 2 unspecified atom stereocenters. The topological polar surface area (TPSA) is 50.8 Å². The zero-order valence-electron chi connectivity index (χ0n) is 14.1. The van der Waals surface area contributed by atoms with Crippen molar-refractivity contribution >= 4 is 33.4 Å². The molecule has 0 spiro atoms. The van der Waals surface area contributed by atoms with Gasteiger partial charge in [0.15, 0.2) is 0 Å². The Kier molecular flexibility index (Phi) is 6.48. The van der Waals surface area contributed by atoms with Crippen LogP contribution in [0.15, 0.2) is 15.9 Å². The number of ether oxygens (including phenoxy) is 2. The quantitative estimate of drug-likeness (QED) is 0.828. The van der Waals surface area contributed by atoms with Gasteiger partial charge < -0.3 is 14.8 Å². The summed E-state index contributed by atoms with van der Waals surface area (Å²) >= 11 is 5.20. The highest BCUT2D eigenvalue weighted by atomic mass is 79.9. The first kappa shape index (κ1) is 18.7. The van der Waals surface area contributed by atoms with E-state index in [2.05, 4.69) is 40.3 Å². The van der Waals surface area contributed by atoms with Crippen molar-refractivity contribution in [3.8, 4) is 0 Å². The molecule has 1 saturated heterocycles. The van der Waals surface area contributed by atoms with Crippen LogP contribution in [0.1, 0.15) is 38.6 Å². The number of hydrogen-bond acceptors (Lipinski definition) is 5. The summed E-state index contributed by atoms with van der Waals surface area (Å²) in [5.74, 6) is 0. The molecule has 0 aliphatic carbocycles. The van der Waals surface area contributed by atoms with Gasteiger partial charge in [-0.3, -0.25) is 4.90 Å². The Hall–Kier alpha value is -0.630. The number of carbonyl (C=O) groups is 1. The van der Waals surface area contributed by atoms with Gasteiger partial charge in [0.05, 0.1) is 23.0 Å². The largest absolute Gasteiger partial charge is 0.444 e. The predicted octanol–water partition coefficient (Wildman–Crippen LogP) is 3.80. The van der Waals surface area contributed by atoms with Crippen LogP contribution in [0.5, 0.6) is 0 Å². The molecule has 130 valence electrons. The Bertz CT molecular complexity index is 530. The monoisotopic (exact) mass is 404 g/mol. The molecule has 0 saturated carbocycles. The highest BCUT2D eigenvalue weighted by molar-refractivity contribution is 9.11. The maximum absolute atomic E-state index is 12.4. The summed E-state index contributed by atoms with van der Waals surface area (Å²) in [5, 5.41) is 3.49. The summed E-state index contributed by atoms with van der Waals surface area (Å²) in [6.45, 7) is 10.1. The smallest absolute Gasteiger partial charge is 0.410 e. The van der Waals surface area contributed by atoms with Crippen LogP contribution >= 0.6 is 27.3 Å². The number of carbonyl (C=O) groups excluding carboxylic acids is 1. The molecule has 5 nitrogen and oxygen atoms in total. The standard InChI is InChI=1S/C16H25BrN2O3S/c1-11(13-5-6-14(17)23-13)18-9-12-10-21-8-7-19(12)15(20)22-16(2,3)4/h5-6,11-12,18H,7-10H2,1-4H3. The third-order valence-corrected chi connectivity index (χ3v) is 5.34. The van der Waals surface area contributed by atoms with Gasteiger partial charge in [-0.25, -0.2) is 4.79 Å². The van der Waals surface area contributed by atoms with E-state index < -0.39 is 5.60 Å². The third kappa shape index (κ3) is 5.74. The van der Waals surface area contributed by atoms with Crippen molar-refractivity contribution in [1.29, 1.82) is 0 Å². The first-order chi connectivity index (χ1) is 10.8. The van der Waals surface area contributed by atoms with E-state index in [1.165, 1.54) is 4.88 Å². The Morgan fingerprint density at radius 3 is 2.91 bits per heavy atom. The van der Waals surface area contributed by atoms with Crippen LogP contribution in [0.2, 0.25) is 0 Å². The average Bonchev–Trinajstić information content (AvgIpc) is 2.90. The maximum Gasteiger partial charge on any atom is 0.410 e. The molecule has 1 N–H and O–H groups in total. The second-order valence-electron chi connectivity index (χ2n) is 6.67. The summed E-state index contributed by atoms with van der Waals surface area (Å²) in [6.07, 6.45) is -0.265. The van der Waals surface area contributed by atoms with Crippen LogP contribution in [0.3, 0.4) is 0 Å². The normalized spacial score (nSPS) is 20.4. The average molecular weight is 405 g/mol. The van der Waals surface area contributed by atoms with Gasteiger partial charge in [0, 0.05) is 24.0 Å². The molecule has 7 heteroatoms. The molecule has 1 fully saturated rings. The van der Waals surface area contributed by atoms with Crippen molar-refractivity contribution in [1.82, 2.24) is 10.2 Å². The highest BCUT2D eigenvalue weighted by Gasteiger charge is 2.31. The van der Waals surface area contributed by atoms with Gasteiger partial charge in [0.2, 0.25) is 0 Å². The van der Waals surface area contributed by atoms with Crippen LogP contribution in [-0.2, 0) is 9.47 Å². The number of rotatable bonds is 4. The zero-order valence-corrected chi connectivity index (χ0v) is 16.5. The van der Waals surface area contributed by atoms with Crippen molar-refractivity contribution in [2.45, 2.75) is 45.4 Å². The number of halogens is 1. The van der Waals surface area contributed by atoms with E-state index in [4.69, 9.17) is 9.47 Å². The fraction of sp³-hybridized carbons (Fsp3) is 0.688. The second kappa shape index (κ2) is 7.96. The molecule has 2 rings (SSSR count). The molecule has 2 atom stereocenters. The van der Waals surface area contributed by atoms with Crippen molar-refractivity contribution in [2.24, 2.45) is 0 Å². The molecular formula is C16H25BrN2O3S. The molecule has 23 heavy (non-hydrogen) atoms. The van der Waals surface area contributed by atoms with Crippen molar-refractivity contribution in [2.75, 3.05) is 26.3 Å². The van der Waals surface area contributed by atoms with Gasteiger partial charge in [-0.15, -0.1) is 11.3 Å². The Balaban J connectivity index is 1.92. The van der Waals surface area contributed by atoms with Crippen LogP contribution < -0.4 is 5.32 Å². The van der Waals surface area contributed by atoms with Crippen molar-refractivity contribution in [3.63, 3.8) is 0 Å². The van der Waals surface area contributed by atoms with Gasteiger partial charge >= 0.3 is 6.09 Å². The van der Waals surface area contributed by atoms with E-state index in [-0.39, 0.29) is 18.2 Å². The lowest BCUT2D eigenvalue weighted by Crippen LogP contribution is -2.54. The summed E-state index contributed by atoms with van der Waals surface area (Å²) < 4.78 is 12.2. The molecule has 0 bridgehead atoms. The predicted molar refractivity (Wildman–Crippen MR) is 96.0 cm³/mol. The van der Waals surface area contributed by atoms with Gasteiger partial charge in [-0.05, 0) is 55.8 Å². The van der Waals surface area contributed by atoms with Crippen LogP contribution in [0.25, 0.3) is 0 Å². The van der Waals surface area contributed by atoms with Gasteiger partial charge in [-0.2, -0.15) is 0 Å². The number of thiophene rings is 1. The van der Waals surface area contributed by atoms with E-state index in [1.54, 1.807) is 16.2 Å². The van der Waals surface area contributed by atoms with E-state index in [9.17, 15) is 4.79 Å². The lowest BCUT2D eigenvalue weighted by atomic mass is 10.2. The minimum absolute atomic E-state index is 0.00977. The summed E-state index contributed by atoms with van der Waals surface area (Å²) in [4.78, 5) is 15.4. The molecule has 2 heterocycles. The Morgan fingerprint density at radius 1 is 1.57 bits per heavy atom. The first-order valence-corrected chi connectivity index (χ1v) is 9.43. The molecule has 1 aromatic heterocycles. The van der Waals surface area contributed by atoms with Gasteiger partial charge in [-0.1, -0.05) is 0 Å². The number of morpholine rings is 1. The van der Waals surface area contributed by atoms with E-state index >= 15 is 0 Å². The fourth-order valence-corrected chi connectivity index (χ4v) is 3.81. The number of amides is 1. The molecule has 0 radical (unpaired) electrons. The van der Waals surface area contributed by atoms with E-state index in [0.29, 0.717) is 26.3 Å². The summed E-state index contributed by atoms with van der Waals surface area (Å²) in [6, 6.07) is 4.38. The minimum atomic E-state index is -0.482. The Labute approximate surface area is 150 Å². The van der Waals surface area contributed by atoms with Gasteiger partial charge in [0.25, 0.3) is 0 Å². The summed E-state index contributed by atoms with van der Waals surface area (Å²) in [7, 11) is 0. The SMILES string of the molecule is CC(NCC1COCCN1C(=O)OC(C)(C)C)c1ccc(Br)s1. The van der Waals surface area contributed by atoms with Crippen LogP contribution in [0, 0.1) is 0 Å². The van der Waals surface area contributed by atoms with Crippen LogP contribution in [0.4, 0.5) is 4.79 Å². The third-order valence-electron chi connectivity index (χ3n) is 3.54. The minimum Gasteiger partial charge on any atom is -0.444 e. The van der Waals surface area contributed by atoms with Crippen molar-refractivity contribution < 1.29 is 14.3 Å². The molecular weight excluding hydrogens is 380 g/mol. The number of nitrogens with one attached hydrogen (secondary N) is 1. The van der Waals surface area contributed by atoms with Crippen molar-refractivity contribution in [3.05, 3.63) is 20.8 Å². The van der Waals surface area contributed by atoms with E-state index in [1.807, 2.05) is 20.8 Å². The number of nitrogens with zero attached hydrogens (tertiary/aromatic N) is 1. The Morgan fingerprint density at radius 2 is 2.30 bits per heavy atom. The summed E-state index contributed by atoms with van der Waals surface area (Å²) in [5.41, 5.74) is -0.482. The zero-order chi connectivity index (χ0) is 17.0. The molecule has 1 amide bonds. The highest BCUT2D eigenvalue weighted by Crippen LogP contribution is 2.27. The maximum atomic E-state index is 12.4. The second-order valence-corrected chi connectivity index (χ2v) is 9.17. The molecule has 1 aliphatic rings. The van der Waals surface area contributed by atoms with E-state index in [0.717, 1.165) is 3.79 Å². The molecule has 1 aromatic rings.